The molecule has 0 saturated carbocycles. The Balaban J connectivity index is 2.11. The van der Waals surface area contributed by atoms with Crippen molar-refractivity contribution >= 4 is 22.8 Å². The van der Waals surface area contributed by atoms with Crippen LogP contribution >= 0.6 is 0 Å². The van der Waals surface area contributed by atoms with Gasteiger partial charge in [-0.25, -0.2) is 0 Å². The standard InChI is InChI=1S/C19H18N4O4/c1-2-14(19(26)27)20-17(24)16(12-8-4-3-5-9-12)23-18(25)13-10-6-7-11-15(13)21-22-23/h3-11,14,16H,2H2,1H3,(H,20,24)(H,26,27)/p-1/t14-,16+/m1/s1. The van der Waals surface area contributed by atoms with E-state index in [1.807, 2.05) is 0 Å². The van der Waals surface area contributed by atoms with Crippen molar-refractivity contribution in [1.29, 1.82) is 0 Å². The predicted molar refractivity (Wildman–Crippen MR) is 95.6 cm³/mol. The molecule has 2 atom stereocenters. The molecule has 1 amide bonds. The summed E-state index contributed by atoms with van der Waals surface area (Å²) in [4.78, 5) is 36.9. The number of nitrogens with one attached hydrogen (secondary N) is 1. The van der Waals surface area contributed by atoms with E-state index in [0.29, 0.717) is 16.5 Å². The van der Waals surface area contributed by atoms with Gasteiger partial charge < -0.3 is 15.2 Å². The minimum atomic E-state index is -1.39. The molecule has 8 nitrogen and oxygen atoms in total. The molecule has 1 heterocycles. The molecule has 138 valence electrons. The zero-order chi connectivity index (χ0) is 19.4. The molecular formula is C19H17N4O4-. The number of benzene rings is 2. The maximum Gasteiger partial charge on any atom is 0.278 e. The van der Waals surface area contributed by atoms with Gasteiger partial charge in [0.05, 0.1) is 17.4 Å². The third-order valence-electron chi connectivity index (χ3n) is 4.21. The Bertz CT molecular complexity index is 1030. The number of hydrogen-bond donors (Lipinski definition) is 1. The molecule has 2 aromatic carbocycles. The fourth-order valence-corrected chi connectivity index (χ4v) is 2.79. The smallest absolute Gasteiger partial charge is 0.278 e. The van der Waals surface area contributed by atoms with E-state index in [4.69, 9.17) is 0 Å². The van der Waals surface area contributed by atoms with Gasteiger partial charge in [-0.3, -0.25) is 9.59 Å². The maximum absolute atomic E-state index is 12.9. The van der Waals surface area contributed by atoms with E-state index in [1.165, 1.54) is 0 Å². The highest BCUT2D eigenvalue weighted by molar-refractivity contribution is 5.88. The average Bonchev–Trinajstić information content (AvgIpc) is 2.69. The van der Waals surface area contributed by atoms with Crippen molar-refractivity contribution in [2.45, 2.75) is 25.4 Å². The lowest BCUT2D eigenvalue weighted by Gasteiger charge is -2.23. The van der Waals surface area contributed by atoms with Gasteiger partial charge in [-0.05, 0) is 24.1 Å². The number of nitrogens with zero attached hydrogens (tertiary/aromatic N) is 3. The van der Waals surface area contributed by atoms with E-state index >= 15 is 0 Å². The van der Waals surface area contributed by atoms with Gasteiger partial charge in [0, 0.05) is 0 Å². The van der Waals surface area contributed by atoms with Gasteiger partial charge >= 0.3 is 0 Å². The number of carboxylic acids is 1. The number of aromatic nitrogens is 3. The Labute approximate surface area is 154 Å². The van der Waals surface area contributed by atoms with Crippen molar-refractivity contribution in [2.24, 2.45) is 0 Å². The zero-order valence-corrected chi connectivity index (χ0v) is 14.5. The second-order valence-electron chi connectivity index (χ2n) is 5.96. The number of amides is 1. The summed E-state index contributed by atoms with van der Waals surface area (Å²) in [6.07, 6.45) is 0.147. The highest BCUT2D eigenvalue weighted by Crippen LogP contribution is 2.17. The highest BCUT2D eigenvalue weighted by atomic mass is 16.4. The molecule has 1 N–H and O–H groups in total. The van der Waals surface area contributed by atoms with Gasteiger partial charge in [-0.1, -0.05) is 54.6 Å². The van der Waals surface area contributed by atoms with Crippen LogP contribution in [0.3, 0.4) is 0 Å². The summed E-state index contributed by atoms with van der Waals surface area (Å²) in [5, 5.41) is 21.8. The Morgan fingerprint density at radius 3 is 2.44 bits per heavy atom. The summed E-state index contributed by atoms with van der Waals surface area (Å²) in [6, 6.07) is 12.8. The predicted octanol–water partition coefficient (Wildman–Crippen LogP) is 0.0256. The second kappa shape index (κ2) is 7.77. The first kappa shape index (κ1) is 18.2. The molecule has 1 aromatic heterocycles. The third kappa shape index (κ3) is 3.69. The van der Waals surface area contributed by atoms with E-state index in [2.05, 4.69) is 15.6 Å². The molecule has 0 aliphatic heterocycles. The van der Waals surface area contributed by atoms with E-state index < -0.39 is 29.5 Å². The first-order valence-electron chi connectivity index (χ1n) is 8.43. The van der Waals surface area contributed by atoms with E-state index in [-0.39, 0.29) is 6.42 Å². The van der Waals surface area contributed by atoms with Gasteiger partial charge in [0.25, 0.3) is 5.56 Å². The fourth-order valence-electron chi connectivity index (χ4n) is 2.79. The second-order valence-corrected chi connectivity index (χ2v) is 5.96. The third-order valence-corrected chi connectivity index (χ3v) is 4.21. The summed E-state index contributed by atoms with van der Waals surface area (Å²) in [6.45, 7) is 1.61. The Kier molecular flexibility index (Phi) is 5.25. The number of carbonyl (C=O) groups is 2. The molecule has 0 saturated heterocycles. The van der Waals surface area contributed by atoms with Crippen LogP contribution in [0, 0.1) is 0 Å². The summed E-state index contributed by atoms with van der Waals surface area (Å²) in [5.41, 5.74) is 0.396. The highest BCUT2D eigenvalue weighted by Gasteiger charge is 2.27. The number of rotatable bonds is 6. The number of aliphatic carboxylic acids is 1. The molecular weight excluding hydrogens is 348 g/mol. The Morgan fingerprint density at radius 2 is 1.78 bits per heavy atom. The van der Waals surface area contributed by atoms with Gasteiger partial charge in [0.2, 0.25) is 5.91 Å². The van der Waals surface area contributed by atoms with Crippen molar-refractivity contribution in [2.75, 3.05) is 0 Å². The molecule has 3 aromatic rings. The number of fused-ring (bicyclic) bond motifs is 1. The van der Waals surface area contributed by atoms with Crippen molar-refractivity contribution in [3.05, 3.63) is 70.5 Å². The lowest BCUT2D eigenvalue weighted by molar-refractivity contribution is -0.308. The maximum atomic E-state index is 12.9. The van der Waals surface area contributed by atoms with Crippen molar-refractivity contribution in [1.82, 2.24) is 20.3 Å². The Hall–Kier alpha value is -3.55. The monoisotopic (exact) mass is 365 g/mol. The van der Waals surface area contributed by atoms with Crippen LogP contribution in [-0.2, 0) is 9.59 Å². The van der Waals surface area contributed by atoms with E-state index in [0.717, 1.165) is 4.68 Å². The summed E-state index contributed by atoms with van der Waals surface area (Å²) >= 11 is 0. The Morgan fingerprint density at radius 1 is 1.11 bits per heavy atom. The van der Waals surface area contributed by atoms with Crippen LogP contribution < -0.4 is 16.0 Å². The topological polar surface area (TPSA) is 117 Å². The van der Waals surface area contributed by atoms with Crippen molar-refractivity contribution in [3.8, 4) is 0 Å². The summed E-state index contributed by atoms with van der Waals surface area (Å²) in [5.74, 6) is -2.07. The lowest BCUT2D eigenvalue weighted by Crippen LogP contribution is -2.50. The SMILES string of the molecule is CC[C@@H](NC(=O)[C@H](c1ccccc1)n1nnc2ccccc2c1=O)C(=O)[O-]. The number of carboxylic acid groups (broad SMARTS) is 1. The van der Waals surface area contributed by atoms with Crippen LogP contribution in [0.4, 0.5) is 0 Å². The molecule has 0 spiro atoms. The minimum absolute atomic E-state index is 0.147. The van der Waals surface area contributed by atoms with Crippen molar-refractivity contribution in [3.63, 3.8) is 0 Å². The van der Waals surface area contributed by atoms with Crippen LogP contribution in [-0.4, -0.2) is 32.9 Å². The summed E-state index contributed by atoms with van der Waals surface area (Å²) in [7, 11) is 0. The van der Waals surface area contributed by atoms with E-state index in [1.54, 1.807) is 61.5 Å². The van der Waals surface area contributed by atoms with Crippen LogP contribution in [0.5, 0.6) is 0 Å². The first-order chi connectivity index (χ1) is 13.0. The number of carbonyl (C=O) groups excluding carboxylic acids is 2. The van der Waals surface area contributed by atoms with Crippen LogP contribution in [0.1, 0.15) is 24.9 Å². The average molecular weight is 365 g/mol. The first-order valence-corrected chi connectivity index (χ1v) is 8.43. The normalized spacial score (nSPS) is 13.1. The van der Waals surface area contributed by atoms with Gasteiger partial charge in [0.15, 0.2) is 6.04 Å². The summed E-state index contributed by atoms with van der Waals surface area (Å²) < 4.78 is 0.967. The molecule has 0 radical (unpaired) electrons. The molecule has 0 unspecified atom stereocenters. The lowest BCUT2D eigenvalue weighted by atomic mass is 10.1. The van der Waals surface area contributed by atoms with Gasteiger partial charge in [0.1, 0.15) is 5.52 Å². The quantitative estimate of drug-likeness (QED) is 0.658. The molecule has 27 heavy (non-hydrogen) atoms. The van der Waals surface area contributed by atoms with E-state index in [9.17, 15) is 19.5 Å². The molecule has 0 fully saturated rings. The minimum Gasteiger partial charge on any atom is -0.548 e. The van der Waals surface area contributed by atoms with Crippen molar-refractivity contribution < 1.29 is 14.7 Å². The fraction of sp³-hybridized carbons (Fsp3) is 0.211. The van der Waals surface area contributed by atoms with Crippen LogP contribution in [0.25, 0.3) is 10.9 Å². The molecule has 3 rings (SSSR count). The zero-order valence-electron chi connectivity index (χ0n) is 14.5. The molecule has 0 aliphatic carbocycles. The van der Waals surface area contributed by atoms with Crippen LogP contribution in [0.2, 0.25) is 0 Å². The van der Waals surface area contributed by atoms with Crippen LogP contribution in [0.15, 0.2) is 59.4 Å². The van der Waals surface area contributed by atoms with Gasteiger partial charge in [-0.15, -0.1) is 5.10 Å². The molecule has 0 aliphatic rings. The van der Waals surface area contributed by atoms with Gasteiger partial charge in [-0.2, -0.15) is 4.68 Å². The largest absolute Gasteiger partial charge is 0.548 e. The number of hydrogen-bond acceptors (Lipinski definition) is 6. The molecule has 0 bridgehead atoms. The molecule has 8 heteroatoms.